The molecule has 1 N–H and O–H groups in total. The van der Waals surface area contributed by atoms with Gasteiger partial charge in [0.15, 0.2) is 5.01 Å². The maximum Gasteiger partial charge on any atom is 0.443 e. The molecule has 0 bridgehead atoms. The summed E-state index contributed by atoms with van der Waals surface area (Å²) in [4.78, 5) is 4.06. The van der Waals surface area contributed by atoms with Crippen LogP contribution in [0.1, 0.15) is 22.9 Å². The number of hydrogen-bond donors (Lipinski definition) is 1. The van der Waals surface area contributed by atoms with E-state index in [2.05, 4.69) is 10.3 Å². The summed E-state index contributed by atoms with van der Waals surface area (Å²) in [5.41, 5.74) is 0. The van der Waals surface area contributed by atoms with Crippen molar-refractivity contribution in [3.05, 3.63) is 16.1 Å². The fourth-order valence-corrected chi connectivity index (χ4v) is 2.83. The van der Waals surface area contributed by atoms with Crippen LogP contribution in [-0.4, -0.2) is 23.5 Å². The van der Waals surface area contributed by atoms with Gasteiger partial charge in [-0.15, -0.1) is 11.3 Å². The number of thioether (sulfide) groups is 1. The van der Waals surface area contributed by atoms with Crippen molar-refractivity contribution >= 4 is 23.1 Å². The van der Waals surface area contributed by atoms with E-state index in [4.69, 9.17) is 0 Å². The molecule has 1 aromatic rings. The molecule has 1 heterocycles. The Morgan fingerprint density at radius 1 is 1.56 bits per heavy atom. The summed E-state index contributed by atoms with van der Waals surface area (Å²) < 4.78 is 37.1. The van der Waals surface area contributed by atoms with E-state index in [1.165, 1.54) is 6.20 Å². The van der Waals surface area contributed by atoms with E-state index in [0.29, 0.717) is 16.2 Å². The average molecular weight is 270 g/mol. The molecule has 1 atom stereocenters. The van der Waals surface area contributed by atoms with Crippen LogP contribution in [0.5, 0.6) is 0 Å². The lowest BCUT2D eigenvalue weighted by atomic mass is 10.3. The van der Waals surface area contributed by atoms with Crippen LogP contribution in [0.3, 0.4) is 0 Å². The molecule has 1 rings (SSSR count). The minimum atomic E-state index is -4.33. The third kappa shape index (κ3) is 3.64. The molecule has 0 saturated carbocycles. The van der Waals surface area contributed by atoms with Gasteiger partial charge in [-0.05, 0) is 12.8 Å². The minimum Gasteiger partial charge on any atom is -0.309 e. The molecule has 16 heavy (non-hydrogen) atoms. The van der Waals surface area contributed by atoms with E-state index < -0.39 is 11.2 Å². The minimum absolute atomic E-state index is 0.0476. The average Bonchev–Trinajstić information content (AvgIpc) is 2.65. The summed E-state index contributed by atoms with van der Waals surface area (Å²) in [5.74, 6) is 0.743. The Kier molecular flexibility index (Phi) is 5.07. The first-order valence-electron chi connectivity index (χ1n) is 4.74. The van der Waals surface area contributed by atoms with Gasteiger partial charge in [0, 0.05) is 16.8 Å². The number of alkyl halides is 3. The van der Waals surface area contributed by atoms with Gasteiger partial charge in [-0.25, -0.2) is 4.98 Å². The Bertz CT molecular complexity index is 319. The third-order valence-corrected chi connectivity index (χ3v) is 3.72. The summed E-state index contributed by atoms with van der Waals surface area (Å²) in [6.07, 6.45) is -1.09. The fourth-order valence-electron chi connectivity index (χ4n) is 1.23. The lowest BCUT2D eigenvalue weighted by molar-refractivity contribution is -0.137. The van der Waals surface area contributed by atoms with Crippen molar-refractivity contribution in [1.29, 1.82) is 0 Å². The van der Waals surface area contributed by atoms with Crippen molar-refractivity contribution in [3.8, 4) is 0 Å². The number of thiazole rings is 1. The van der Waals surface area contributed by atoms with Crippen LogP contribution in [0.2, 0.25) is 0 Å². The van der Waals surface area contributed by atoms with Gasteiger partial charge in [-0.1, -0.05) is 6.92 Å². The topological polar surface area (TPSA) is 24.9 Å². The quantitative estimate of drug-likeness (QED) is 0.889. The van der Waals surface area contributed by atoms with Gasteiger partial charge in [0.05, 0.1) is 6.04 Å². The predicted octanol–water partition coefficient (Wildman–Crippen LogP) is 3.18. The molecule has 1 aromatic heterocycles. The van der Waals surface area contributed by atoms with E-state index in [9.17, 15) is 13.2 Å². The van der Waals surface area contributed by atoms with E-state index in [0.717, 1.165) is 12.3 Å². The van der Waals surface area contributed by atoms with Gasteiger partial charge in [0.1, 0.15) is 0 Å². The lowest BCUT2D eigenvalue weighted by Crippen LogP contribution is -2.21. The van der Waals surface area contributed by atoms with E-state index >= 15 is 0 Å². The van der Waals surface area contributed by atoms with Crippen LogP contribution in [0, 0.1) is 0 Å². The highest BCUT2D eigenvalue weighted by Gasteiger charge is 2.35. The van der Waals surface area contributed by atoms with Crippen LogP contribution in [0.4, 0.5) is 13.2 Å². The van der Waals surface area contributed by atoms with Crippen molar-refractivity contribution in [1.82, 2.24) is 10.3 Å². The summed E-state index contributed by atoms with van der Waals surface area (Å²) in [6, 6.07) is -0.0476. The molecule has 0 radical (unpaired) electrons. The third-order valence-electron chi connectivity index (χ3n) is 1.89. The number of rotatable bonds is 5. The number of halogens is 3. The zero-order chi connectivity index (χ0) is 12.2. The first-order valence-corrected chi connectivity index (χ1v) is 6.95. The summed E-state index contributed by atoms with van der Waals surface area (Å²) >= 11 is 2.31. The summed E-state index contributed by atoms with van der Waals surface area (Å²) in [7, 11) is 0. The van der Waals surface area contributed by atoms with Crippen LogP contribution in [0.15, 0.2) is 6.20 Å². The molecule has 0 spiro atoms. The molecule has 0 fully saturated rings. The molecular formula is C9H13F3N2S2. The molecule has 0 aliphatic heterocycles. The molecule has 0 saturated heterocycles. The molecule has 0 amide bonds. The number of aromatic nitrogens is 1. The van der Waals surface area contributed by atoms with Crippen LogP contribution < -0.4 is 5.32 Å². The summed E-state index contributed by atoms with van der Waals surface area (Å²) in [6.45, 7) is 2.66. The van der Waals surface area contributed by atoms with Gasteiger partial charge >= 0.3 is 6.18 Å². The second-order valence-corrected chi connectivity index (χ2v) is 5.10. The van der Waals surface area contributed by atoms with Crippen molar-refractivity contribution in [2.45, 2.75) is 19.1 Å². The molecule has 1 unspecified atom stereocenters. The zero-order valence-corrected chi connectivity index (χ0v) is 10.6. The molecule has 0 aliphatic rings. The van der Waals surface area contributed by atoms with E-state index in [1.54, 1.807) is 11.8 Å². The number of nitrogens with one attached hydrogen (secondary N) is 1. The van der Waals surface area contributed by atoms with E-state index in [1.807, 2.05) is 13.2 Å². The van der Waals surface area contributed by atoms with Crippen LogP contribution >= 0.6 is 23.1 Å². The van der Waals surface area contributed by atoms with Gasteiger partial charge in [-0.2, -0.15) is 24.9 Å². The molecule has 2 nitrogen and oxygen atoms in total. The Morgan fingerprint density at radius 2 is 2.25 bits per heavy atom. The first kappa shape index (κ1) is 13.8. The summed E-state index contributed by atoms with van der Waals surface area (Å²) in [5, 5.41) is 2.38. The highest BCUT2D eigenvalue weighted by molar-refractivity contribution is 7.98. The van der Waals surface area contributed by atoms with Crippen LogP contribution in [0.25, 0.3) is 0 Å². The van der Waals surface area contributed by atoms with Crippen molar-refractivity contribution in [3.63, 3.8) is 0 Å². The molecular weight excluding hydrogens is 257 g/mol. The largest absolute Gasteiger partial charge is 0.443 e. The normalized spacial score (nSPS) is 14.1. The van der Waals surface area contributed by atoms with Gasteiger partial charge in [0.25, 0.3) is 0 Å². The Hall–Kier alpha value is -0.270. The fraction of sp³-hybridized carbons (Fsp3) is 0.667. The van der Waals surface area contributed by atoms with Gasteiger partial charge in [0.2, 0.25) is 0 Å². The zero-order valence-electron chi connectivity index (χ0n) is 8.97. The Labute approximate surface area is 101 Å². The maximum atomic E-state index is 12.4. The van der Waals surface area contributed by atoms with Gasteiger partial charge < -0.3 is 5.32 Å². The number of hydrogen-bond acceptors (Lipinski definition) is 4. The Balaban J connectivity index is 2.81. The first-order chi connectivity index (χ1) is 7.49. The predicted molar refractivity (Wildman–Crippen MR) is 61.9 cm³/mol. The second-order valence-electron chi connectivity index (χ2n) is 3.13. The standard InChI is InChI=1S/C9H13F3N2S2/c1-3-13-6(5-15-2)7-4-14-8(16-7)9(10,11)12/h4,6,13H,3,5H2,1-2H3. The molecule has 92 valence electrons. The highest BCUT2D eigenvalue weighted by atomic mass is 32.2. The molecule has 0 aliphatic carbocycles. The Morgan fingerprint density at radius 3 is 2.69 bits per heavy atom. The smallest absolute Gasteiger partial charge is 0.309 e. The number of nitrogens with zero attached hydrogens (tertiary/aromatic N) is 1. The van der Waals surface area contributed by atoms with Crippen molar-refractivity contribution in [2.24, 2.45) is 0 Å². The SMILES string of the molecule is CCNC(CSC)c1cnc(C(F)(F)F)s1. The van der Waals surface area contributed by atoms with Gasteiger partial charge in [-0.3, -0.25) is 0 Å². The highest BCUT2D eigenvalue weighted by Crippen LogP contribution is 2.34. The maximum absolute atomic E-state index is 12.4. The van der Waals surface area contributed by atoms with Crippen LogP contribution in [-0.2, 0) is 6.18 Å². The lowest BCUT2D eigenvalue weighted by Gasteiger charge is -2.14. The monoisotopic (exact) mass is 270 g/mol. The van der Waals surface area contributed by atoms with Crippen molar-refractivity contribution in [2.75, 3.05) is 18.6 Å². The molecule has 0 aromatic carbocycles. The van der Waals surface area contributed by atoms with E-state index in [-0.39, 0.29) is 6.04 Å². The van der Waals surface area contributed by atoms with Crippen molar-refractivity contribution < 1.29 is 13.2 Å². The second kappa shape index (κ2) is 5.88. The molecule has 7 heteroatoms.